The van der Waals surface area contributed by atoms with Gasteiger partial charge in [-0.05, 0) is 37.2 Å². The number of benzene rings is 1. The highest BCUT2D eigenvalue weighted by atomic mass is 19.4. The van der Waals surface area contributed by atoms with Gasteiger partial charge in [0.15, 0.2) is 5.69 Å². The third-order valence-electron chi connectivity index (χ3n) is 5.09. The number of aromatic nitrogens is 2. The van der Waals surface area contributed by atoms with Crippen LogP contribution in [0.3, 0.4) is 0 Å². The summed E-state index contributed by atoms with van der Waals surface area (Å²) in [4.78, 5) is 16.7. The van der Waals surface area contributed by atoms with E-state index in [2.05, 4.69) is 20.2 Å². The number of amides is 1. The maximum Gasteiger partial charge on any atom is 0.435 e. The minimum Gasteiger partial charge on any atom is -0.497 e. The van der Waals surface area contributed by atoms with Crippen LogP contribution in [-0.2, 0) is 13.2 Å². The number of carbonyl (C=O) groups is 1. The Morgan fingerprint density at radius 1 is 1.17 bits per heavy atom. The number of hydrogen-bond donors (Lipinski definition) is 1. The molecule has 0 atom stereocenters. The molecule has 1 aromatic heterocycles. The van der Waals surface area contributed by atoms with E-state index in [-0.39, 0.29) is 0 Å². The van der Waals surface area contributed by atoms with E-state index >= 15 is 0 Å². The SMILES string of the molecule is COc1ccc(N2CCN(CCCNC(=O)c3cn(C)nc3C(F)(F)F)CC2)cc1. The van der Waals surface area contributed by atoms with Gasteiger partial charge in [0.25, 0.3) is 5.91 Å². The fraction of sp³-hybridized carbons (Fsp3) is 0.500. The van der Waals surface area contributed by atoms with Crippen molar-refractivity contribution in [2.75, 3.05) is 51.3 Å². The summed E-state index contributed by atoms with van der Waals surface area (Å²) < 4.78 is 45.1. The maximum atomic E-state index is 13.0. The van der Waals surface area contributed by atoms with Crippen LogP contribution in [0.2, 0.25) is 0 Å². The van der Waals surface area contributed by atoms with E-state index in [1.807, 2.05) is 24.3 Å². The number of aryl methyl sites for hydroxylation is 1. The zero-order valence-corrected chi connectivity index (χ0v) is 17.1. The lowest BCUT2D eigenvalue weighted by molar-refractivity contribution is -0.141. The Morgan fingerprint density at radius 2 is 1.83 bits per heavy atom. The van der Waals surface area contributed by atoms with E-state index < -0.39 is 23.3 Å². The number of anilines is 1. The van der Waals surface area contributed by atoms with Crippen molar-refractivity contribution in [3.8, 4) is 5.75 Å². The average molecular weight is 425 g/mol. The van der Waals surface area contributed by atoms with E-state index in [0.717, 1.165) is 55.0 Å². The van der Waals surface area contributed by atoms with Gasteiger partial charge in [-0.3, -0.25) is 14.4 Å². The van der Waals surface area contributed by atoms with Gasteiger partial charge in [-0.1, -0.05) is 0 Å². The highest BCUT2D eigenvalue weighted by Gasteiger charge is 2.38. The lowest BCUT2D eigenvalue weighted by atomic mass is 10.2. The fourth-order valence-corrected chi connectivity index (χ4v) is 3.49. The Morgan fingerprint density at radius 3 is 2.43 bits per heavy atom. The number of piperazine rings is 1. The van der Waals surface area contributed by atoms with Crippen LogP contribution in [0, 0.1) is 0 Å². The lowest BCUT2D eigenvalue weighted by Crippen LogP contribution is -2.47. The van der Waals surface area contributed by atoms with Gasteiger partial charge in [0, 0.05) is 51.7 Å². The third kappa shape index (κ3) is 5.44. The second kappa shape index (κ2) is 9.38. The molecule has 30 heavy (non-hydrogen) atoms. The quantitative estimate of drug-likeness (QED) is 0.691. The van der Waals surface area contributed by atoms with Crippen LogP contribution >= 0.6 is 0 Å². The van der Waals surface area contributed by atoms with Gasteiger partial charge in [-0.25, -0.2) is 0 Å². The Bertz CT molecular complexity index is 843. The molecule has 0 saturated carbocycles. The van der Waals surface area contributed by atoms with Crippen molar-refractivity contribution >= 4 is 11.6 Å². The van der Waals surface area contributed by atoms with Crippen LogP contribution in [0.25, 0.3) is 0 Å². The van der Waals surface area contributed by atoms with Crippen LogP contribution in [0.4, 0.5) is 18.9 Å². The molecule has 0 unspecified atom stereocenters. The molecule has 1 aliphatic rings. The highest BCUT2D eigenvalue weighted by molar-refractivity contribution is 5.95. The van der Waals surface area contributed by atoms with Crippen molar-refractivity contribution in [1.82, 2.24) is 20.0 Å². The number of methoxy groups -OCH3 is 1. The van der Waals surface area contributed by atoms with Crippen LogP contribution < -0.4 is 15.0 Å². The Kier molecular flexibility index (Phi) is 6.86. The molecule has 2 heterocycles. The molecule has 1 aliphatic heterocycles. The second-order valence-electron chi connectivity index (χ2n) is 7.20. The summed E-state index contributed by atoms with van der Waals surface area (Å²) in [6.07, 6.45) is -2.90. The molecule has 0 aliphatic carbocycles. The molecule has 0 radical (unpaired) electrons. The number of nitrogens with one attached hydrogen (secondary N) is 1. The standard InChI is InChI=1S/C20H26F3N5O2/c1-26-14-17(18(25-26)20(21,22)23)19(29)24-8-3-9-27-10-12-28(13-11-27)15-4-6-16(30-2)7-5-15/h4-7,14H,3,8-13H2,1-2H3,(H,24,29). The van der Waals surface area contributed by atoms with Gasteiger partial charge in [0.1, 0.15) is 5.75 Å². The highest BCUT2D eigenvalue weighted by Crippen LogP contribution is 2.30. The van der Waals surface area contributed by atoms with Crippen molar-refractivity contribution in [2.24, 2.45) is 7.05 Å². The summed E-state index contributed by atoms with van der Waals surface area (Å²) in [6.45, 7) is 4.65. The van der Waals surface area contributed by atoms with Gasteiger partial charge >= 0.3 is 6.18 Å². The lowest BCUT2D eigenvalue weighted by Gasteiger charge is -2.36. The summed E-state index contributed by atoms with van der Waals surface area (Å²) >= 11 is 0. The summed E-state index contributed by atoms with van der Waals surface area (Å²) in [5, 5.41) is 5.93. The minimum atomic E-state index is -4.66. The molecular formula is C20H26F3N5O2. The minimum absolute atomic E-state index is 0.309. The molecule has 1 saturated heterocycles. The molecule has 0 bridgehead atoms. The first kappa shape index (κ1) is 21.9. The van der Waals surface area contributed by atoms with Gasteiger partial charge in [-0.2, -0.15) is 18.3 Å². The van der Waals surface area contributed by atoms with Crippen molar-refractivity contribution in [2.45, 2.75) is 12.6 Å². The molecule has 1 aromatic carbocycles. The largest absolute Gasteiger partial charge is 0.497 e. The molecule has 164 valence electrons. The molecule has 0 spiro atoms. The van der Waals surface area contributed by atoms with E-state index in [9.17, 15) is 18.0 Å². The molecule has 3 rings (SSSR count). The molecule has 2 aromatic rings. The number of halogens is 3. The summed E-state index contributed by atoms with van der Waals surface area (Å²) in [5.41, 5.74) is -0.449. The van der Waals surface area contributed by atoms with Gasteiger partial charge < -0.3 is 15.0 Å². The van der Waals surface area contributed by atoms with Gasteiger partial charge in [0.05, 0.1) is 12.7 Å². The predicted octanol–water partition coefficient (Wildman–Crippen LogP) is 2.39. The van der Waals surface area contributed by atoms with Crippen LogP contribution in [0.1, 0.15) is 22.5 Å². The molecule has 10 heteroatoms. The number of ether oxygens (including phenoxy) is 1. The number of carbonyl (C=O) groups excluding carboxylic acids is 1. The van der Waals surface area contributed by atoms with E-state index in [4.69, 9.17) is 4.74 Å². The smallest absolute Gasteiger partial charge is 0.435 e. The summed E-state index contributed by atoms with van der Waals surface area (Å²) in [7, 11) is 3.00. The Labute approximate surface area is 173 Å². The van der Waals surface area contributed by atoms with Crippen LogP contribution in [-0.4, -0.2) is 67.0 Å². The Balaban J connectivity index is 1.40. The van der Waals surface area contributed by atoms with Crippen LogP contribution in [0.5, 0.6) is 5.75 Å². The first-order valence-corrected chi connectivity index (χ1v) is 9.78. The van der Waals surface area contributed by atoms with Crippen LogP contribution in [0.15, 0.2) is 30.5 Å². The second-order valence-corrected chi connectivity index (χ2v) is 7.20. The number of hydrogen-bond acceptors (Lipinski definition) is 5. The normalized spacial score (nSPS) is 15.3. The van der Waals surface area contributed by atoms with Gasteiger partial charge in [0.2, 0.25) is 0 Å². The van der Waals surface area contributed by atoms with Crippen molar-refractivity contribution in [1.29, 1.82) is 0 Å². The number of nitrogens with zero attached hydrogens (tertiary/aromatic N) is 4. The first-order valence-electron chi connectivity index (χ1n) is 9.78. The number of rotatable bonds is 7. The fourth-order valence-electron chi connectivity index (χ4n) is 3.49. The Hall–Kier alpha value is -2.75. The average Bonchev–Trinajstić information content (AvgIpc) is 3.14. The number of alkyl halides is 3. The van der Waals surface area contributed by atoms with E-state index in [0.29, 0.717) is 13.0 Å². The van der Waals surface area contributed by atoms with Gasteiger partial charge in [-0.15, -0.1) is 0 Å². The monoisotopic (exact) mass is 425 g/mol. The zero-order chi connectivity index (χ0) is 21.7. The molecule has 1 amide bonds. The molecular weight excluding hydrogens is 399 g/mol. The molecule has 1 fully saturated rings. The van der Waals surface area contributed by atoms with E-state index in [1.165, 1.54) is 7.05 Å². The maximum absolute atomic E-state index is 13.0. The summed E-state index contributed by atoms with van der Waals surface area (Å²) in [5.74, 6) is 0.0767. The summed E-state index contributed by atoms with van der Waals surface area (Å²) in [6, 6.07) is 7.96. The van der Waals surface area contributed by atoms with Crippen molar-refractivity contribution in [3.63, 3.8) is 0 Å². The zero-order valence-electron chi connectivity index (χ0n) is 17.1. The van der Waals surface area contributed by atoms with Crippen molar-refractivity contribution < 1.29 is 22.7 Å². The third-order valence-corrected chi connectivity index (χ3v) is 5.09. The predicted molar refractivity (Wildman–Crippen MR) is 107 cm³/mol. The molecule has 7 nitrogen and oxygen atoms in total. The van der Waals surface area contributed by atoms with Crippen molar-refractivity contribution in [3.05, 3.63) is 41.7 Å². The molecule has 1 N–H and O–H groups in total. The first-order chi connectivity index (χ1) is 14.3. The topological polar surface area (TPSA) is 62.6 Å². The van der Waals surface area contributed by atoms with E-state index in [1.54, 1.807) is 7.11 Å².